The lowest BCUT2D eigenvalue weighted by Gasteiger charge is -2.25. The minimum absolute atomic E-state index is 0.155. The Bertz CT molecular complexity index is 421. The second-order valence-electron chi connectivity index (χ2n) is 3.38. The molecule has 1 saturated heterocycles. The summed E-state index contributed by atoms with van der Waals surface area (Å²) in [5.41, 5.74) is 5.60. The van der Waals surface area contributed by atoms with Crippen LogP contribution < -0.4 is 5.73 Å². The molecule has 86 valence electrons. The third-order valence-electron chi connectivity index (χ3n) is 2.24. The summed E-state index contributed by atoms with van der Waals surface area (Å²) in [4.78, 5) is 0.670. The molecular weight excluding hydrogens is 231 g/mol. The van der Waals surface area contributed by atoms with Crippen LogP contribution in [0.25, 0.3) is 0 Å². The first-order valence-electron chi connectivity index (χ1n) is 4.73. The van der Waals surface area contributed by atoms with E-state index >= 15 is 0 Å². The summed E-state index contributed by atoms with van der Waals surface area (Å²) in [6.45, 7) is 1.30. The lowest BCUT2D eigenvalue weighted by atomic mass is 10.2. The zero-order valence-corrected chi connectivity index (χ0v) is 9.21. The Labute approximate surface area is 96.3 Å². The van der Waals surface area contributed by atoms with Crippen molar-refractivity contribution < 1.29 is 14.3 Å². The van der Waals surface area contributed by atoms with E-state index in [1.165, 1.54) is 17.8 Å². The highest BCUT2D eigenvalue weighted by atomic mass is 32.2. The number of nitrogens with zero attached hydrogens (tertiary/aromatic N) is 1. The fourth-order valence-corrected chi connectivity index (χ4v) is 2.53. The van der Waals surface area contributed by atoms with E-state index in [0.717, 1.165) is 0 Å². The van der Waals surface area contributed by atoms with Crippen LogP contribution >= 0.6 is 11.8 Å². The maximum Gasteiger partial charge on any atom is 0.174 e. The highest BCUT2D eigenvalue weighted by molar-refractivity contribution is 8.00. The van der Waals surface area contributed by atoms with Crippen molar-refractivity contribution in [1.29, 1.82) is 0 Å². The predicted molar refractivity (Wildman–Crippen MR) is 59.4 cm³/mol. The molecule has 4 nitrogen and oxygen atoms in total. The molecule has 0 aromatic heterocycles. The molecule has 1 aromatic carbocycles. The smallest absolute Gasteiger partial charge is 0.174 e. The molecule has 2 rings (SSSR count). The van der Waals surface area contributed by atoms with Gasteiger partial charge in [0.05, 0.1) is 24.0 Å². The lowest BCUT2D eigenvalue weighted by molar-refractivity contribution is 0.0455. The van der Waals surface area contributed by atoms with E-state index in [2.05, 4.69) is 5.16 Å². The standard InChI is InChI=1S/C10H11FN2O2S/c11-7-2-1-3-8(9(7)10(12)13-14)16-6-4-15-5-6/h1-3,6,14H,4-5H2,(H2,12,13). The van der Waals surface area contributed by atoms with Gasteiger partial charge in [0.2, 0.25) is 0 Å². The molecule has 0 aliphatic carbocycles. The van der Waals surface area contributed by atoms with Gasteiger partial charge in [0.25, 0.3) is 0 Å². The summed E-state index contributed by atoms with van der Waals surface area (Å²) >= 11 is 1.48. The number of nitrogens with two attached hydrogens (primary N) is 1. The number of hydrogen-bond donors (Lipinski definition) is 2. The molecule has 0 radical (unpaired) electrons. The summed E-state index contributed by atoms with van der Waals surface area (Å²) in [5.74, 6) is -0.693. The van der Waals surface area contributed by atoms with Gasteiger partial charge < -0.3 is 15.7 Å². The summed E-state index contributed by atoms with van der Waals surface area (Å²) in [6.07, 6.45) is 0. The lowest BCUT2D eigenvalue weighted by Crippen LogP contribution is -2.30. The van der Waals surface area contributed by atoms with Crippen LogP contribution in [0.3, 0.4) is 0 Å². The summed E-state index contributed by atoms with van der Waals surface area (Å²) in [6, 6.07) is 4.64. The van der Waals surface area contributed by atoms with Crippen LogP contribution in [0, 0.1) is 5.82 Å². The number of amidine groups is 1. The molecule has 0 bridgehead atoms. The second-order valence-corrected chi connectivity index (χ2v) is 4.72. The van der Waals surface area contributed by atoms with Gasteiger partial charge in [-0.05, 0) is 12.1 Å². The highest BCUT2D eigenvalue weighted by Gasteiger charge is 2.22. The number of hydrogen-bond acceptors (Lipinski definition) is 4. The highest BCUT2D eigenvalue weighted by Crippen LogP contribution is 2.31. The SMILES string of the molecule is NC(=NO)c1c(F)cccc1SC1COC1. The molecule has 1 fully saturated rings. The molecular formula is C10H11FN2O2S. The fourth-order valence-electron chi connectivity index (χ4n) is 1.36. The van der Waals surface area contributed by atoms with Crippen LogP contribution in [0.15, 0.2) is 28.3 Å². The van der Waals surface area contributed by atoms with Gasteiger partial charge in [-0.1, -0.05) is 11.2 Å². The van der Waals surface area contributed by atoms with Gasteiger partial charge in [-0.15, -0.1) is 11.8 Å². The van der Waals surface area contributed by atoms with Crippen LogP contribution in [-0.2, 0) is 4.74 Å². The van der Waals surface area contributed by atoms with Gasteiger partial charge in [-0.25, -0.2) is 4.39 Å². The number of thioether (sulfide) groups is 1. The molecule has 0 atom stereocenters. The Hall–Kier alpha value is -1.27. The van der Waals surface area contributed by atoms with Gasteiger partial charge in [0, 0.05) is 4.90 Å². The average Bonchev–Trinajstić information content (AvgIpc) is 2.22. The van der Waals surface area contributed by atoms with Crippen LogP contribution in [0.5, 0.6) is 0 Å². The zero-order valence-electron chi connectivity index (χ0n) is 8.39. The Morgan fingerprint density at radius 3 is 2.88 bits per heavy atom. The fraction of sp³-hybridized carbons (Fsp3) is 0.300. The number of ether oxygens (including phenoxy) is 1. The number of benzene rings is 1. The predicted octanol–water partition coefficient (Wildman–Crippen LogP) is 1.41. The quantitative estimate of drug-likeness (QED) is 0.364. The van der Waals surface area contributed by atoms with Crippen LogP contribution in [0.1, 0.15) is 5.56 Å². The number of rotatable bonds is 3. The maximum atomic E-state index is 13.5. The number of halogens is 1. The van der Waals surface area contributed by atoms with Crippen molar-refractivity contribution in [2.75, 3.05) is 13.2 Å². The van der Waals surface area contributed by atoms with Gasteiger partial charge >= 0.3 is 0 Å². The van der Waals surface area contributed by atoms with Crippen molar-refractivity contribution in [3.05, 3.63) is 29.6 Å². The maximum absolute atomic E-state index is 13.5. The molecule has 0 unspecified atom stereocenters. The van der Waals surface area contributed by atoms with Crippen molar-refractivity contribution in [1.82, 2.24) is 0 Å². The molecule has 1 aliphatic rings. The van der Waals surface area contributed by atoms with Gasteiger partial charge in [0.15, 0.2) is 5.84 Å². The molecule has 0 saturated carbocycles. The van der Waals surface area contributed by atoms with Gasteiger partial charge in [-0.2, -0.15) is 0 Å². The molecule has 16 heavy (non-hydrogen) atoms. The molecule has 1 aliphatic heterocycles. The topological polar surface area (TPSA) is 67.8 Å². The zero-order chi connectivity index (χ0) is 11.5. The minimum atomic E-state index is -0.486. The molecule has 0 spiro atoms. The molecule has 0 amide bonds. The van der Waals surface area contributed by atoms with Crippen LogP contribution in [0.2, 0.25) is 0 Å². The van der Waals surface area contributed by atoms with Crippen molar-refractivity contribution in [3.8, 4) is 0 Å². The van der Waals surface area contributed by atoms with E-state index in [1.807, 2.05) is 0 Å². The largest absolute Gasteiger partial charge is 0.409 e. The van der Waals surface area contributed by atoms with E-state index in [9.17, 15) is 4.39 Å². The molecule has 3 N–H and O–H groups in total. The third-order valence-corrected chi connectivity index (χ3v) is 3.44. The van der Waals surface area contributed by atoms with E-state index in [4.69, 9.17) is 15.7 Å². The summed E-state index contributed by atoms with van der Waals surface area (Å²) < 4.78 is 18.6. The van der Waals surface area contributed by atoms with Crippen LogP contribution in [-0.4, -0.2) is 29.5 Å². The summed E-state index contributed by atoms with van der Waals surface area (Å²) in [7, 11) is 0. The summed E-state index contributed by atoms with van der Waals surface area (Å²) in [5, 5.41) is 11.8. The first-order valence-corrected chi connectivity index (χ1v) is 5.61. The van der Waals surface area contributed by atoms with Crippen molar-refractivity contribution in [2.45, 2.75) is 10.1 Å². The minimum Gasteiger partial charge on any atom is -0.409 e. The Morgan fingerprint density at radius 1 is 1.56 bits per heavy atom. The molecule has 6 heteroatoms. The van der Waals surface area contributed by atoms with Gasteiger partial charge in [-0.3, -0.25) is 0 Å². The second kappa shape index (κ2) is 4.71. The Balaban J connectivity index is 2.31. The Morgan fingerprint density at radius 2 is 2.31 bits per heavy atom. The van der Waals surface area contributed by atoms with Crippen molar-refractivity contribution in [2.24, 2.45) is 10.9 Å². The van der Waals surface area contributed by atoms with E-state index in [1.54, 1.807) is 12.1 Å². The average molecular weight is 242 g/mol. The Kier molecular flexibility index (Phi) is 3.31. The first kappa shape index (κ1) is 11.2. The number of oxime groups is 1. The van der Waals surface area contributed by atoms with E-state index < -0.39 is 5.82 Å². The van der Waals surface area contributed by atoms with E-state index in [-0.39, 0.29) is 11.4 Å². The normalized spacial score (nSPS) is 17.2. The molecule has 1 heterocycles. The third kappa shape index (κ3) is 2.12. The van der Waals surface area contributed by atoms with Crippen molar-refractivity contribution >= 4 is 17.6 Å². The first-order chi connectivity index (χ1) is 7.72. The van der Waals surface area contributed by atoms with Crippen LogP contribution in [0.4, 0.5) is 4.39 Å². The molecule has 1 aromatic rings. The van der Waals surface area contributed by atoms with Crippen molar-refractivity contribution in [3.63, 3.8) is 0 Å². The van der Waals surface area contributed by atoms with Gasteiger partial charge in [0.1, 0.15) is 5.82 Å². The monoisotopic (exact) mass is 242 g/mol. The van der Waals surface area contributed by atoms with E-state index in [0.29, 0.717) is 23.4 Å².